The van der Waals surface area contributed by atoms with Crippen molar-refractivity contribution in [3.05, 3.63) is 51.4 Å². The molecule has 2 rings (SSSR count). The predicted octanol–water partition coefficient (Wildman–Crippen LogP) is 1.22. The Kier molecular flexibility index (Phi) is 3.78. The van der Waals surface area contributed by atoms with Crippen molar-refractivity contribution in [2.75, 3.05) is 7.11 Å². The lowest BCUT2D eigenvalue weighted by atomic mass is 10.2. The molecular formula is C12H9ClN4O2. The summed E-state index contributed by atoms with van der Waals surface area (Å²) in [5, 5.41) is 8.79. The molecule has 0 aliphatic rings. The van der Waals surface area contributed by atoms with Crippen molar-refractivity contribution in [3.8, 4) is 11.8 Å². The number of rotatable bonds is 3. The van der Waals surface area contributed by atoms with Crippen LogP contribution in [0.4, 0.5) is 0 Å². The molecule has 19 heavy (non-hydrogen) atoms. The summed E-state index contributed by atoms with van der Waals surface area (Å²) < 4.78 is 6.25. The molecular weight excluding hydrogens is 268 g/mol. The second-order valence-corrected chi connectivity index (χ2v) is 4.02. The monoisotopic (exact) mass is 276 g/mol. The highest BCUT2D eigenvalue weighted by molar-refractivity contribution is 6.30. The summed E-state index contributed by atoms with van der Waals surface area (Å²) in [5.74, 6) is -0.00118. The number of halogens is 1. The second-order valence-electron chi connectivity index (χ2n) is 3.66. The first-order chi connectivity index (χ1) is 9.15. The highest BCUT2D eigenvalue weighted by Gasteiger charge is 2.10. The van der Waals surface area contributed by atoms with Gasteiger partial charge in [0.1, 0.15) is 11.8 Å². The van der Waals surface area contributed by atoms with Crippen molar-refractivity contribution >= 4 is 11.6 Å². The first-order valence-electron chi connectivity index (χ1n) is 5.29. The van der Waals surface area contributed by atoms with E-state index in [-0.39, 0.29) is 23.0 Å². The fourth-order valence-corrected chi connectivity index (χ4v) is 1.77. The van der Waals surface area contributed by atoms with Gasteiger partial charge in [-0.05, 0) is 17.7 Å². The van der Waals surface area contributed by atoms with Gasteiger partial charge in [-0.15, -0.1) is 0 Å². The molecule has 0 aromatic carbocycles. The minimum Gasteiger partial charge on any atom is -0.489 e. The molecule has 2 aromatic heterocycles. The van der Waals surface area contributed by atoms with Crippen LogP contribution in [-0.4, -0.2) is 21.6 Å². The molecule has 0 N–H and O–H groups in total. The van der Waals surface area contributed by atoms with Crippen molar-refractivity contribution in [1.82, 2.24) is 14.5 Å². The molecule has 0 unspecified atom stereocenters. The lowest BCUT2D eigenvalue weighted by Crippen LogP contribution is -2.22. The van der Waals surface area contributed by atoms with E-state index in [9.17, 15) is 4.79 Å². The molecule has 7 heteroatoms. The Labute approximate surface area is 113 Å². The Morgan fingerprint density at radius 3 is 3.00 bits per heavy atom. The first kappa shape index (κ1) is 13.1. The maximum atomic E-state index is 12.0. The lowest BCUT2D eigenvalue weighted by molar-refractivity contribution is 0.401. The molecule has 96 valence electrons. The van der Waals surface area contributed by atoms with Crippen LogP contribution in [0, 0.1) is 11.3 Å². The number of nitrogens with zero attached hydrogens (tertiary/aromatic N) is 4. The van der Waals surface area contributed by atoms with Crippen LogP contribution < -0.4 is 10.3 Å². The van der Waals surface area contributed by atoms with Crippen LogP contribution in [0.5, 0.6) is 5.75 Å². The molecule has 0 fully saturated rings. The molecule has 0 saturated carbocycles. The van der Waals surface area contributed by atoms with Crippen LogP contribution in [0.2, 0.25) is 5.15 Å². The normalized spacial score (nSPS) is 9.95. The van der Waals surface area contributed by atoms with E-state index in [2.05, 4.69) is 9.97 Å². The van der Waals surface area contributed by atoms with Gasteiger partial charge in [-0.3, -0.25) is 9.36 Å². The van der Waals surface area contributed by atoms with E-state index in [1.165, 1.54) is 24.2 Å². The quantitative estimate of drug-likeness (QED) is 0.788. The number of aromatic nitrogens is 3. The summed E-state index contributed by atoms with van der Waals surface area (Å²) in [5.41, 5.74) is 0.678. The molecule has 0 radical (unpaired) electrons. The Morgan fingerprint density at radius 1 is 1.53 bits per heavy atom. The average Bonchev–Trinajstić information content (AvgIpc) is 2.43. The number of nitriles is 1. The van der Waals surface area contributed by atoms with E-state index in [0.717, 1.165) is 5.56 Å². The minimum atomic E-state index is -0.377. The highest BCUT2D eigenvalue weighted by Crippen LogP contribution is 2.15. The summed E-state index contributed by atoms with van der Waals surface area (Å²) in [6.07, 6.45) is 2.85. The van der Waals surface area contributed by atoms with Gasteiger partial charge in [0, 0.05) is 6.20 Å². The lowest BCUT2D eigenvalue weighted by Gasteiger charge is -2.08. The summed E-state index contributed by atoms with van der Waals surface area (Å²) in [4.78, 5) is 19.7. The van der Waals surface area contributed by atoms with E-state index in [1.54, 1.807) is 12.1 Å². The maximum Gasteiger partial charge on any atom is 0.297 e. The smallest absolute Gasteiger partial charge is 0.297 e. The van der Waals surface area contributed by atoms with Crippen LogP contribution >= 0.6 is 11.6 Å². The molecule has 0 aliphatic carbocycles. The fraction of sp³-hybridized carbons (Fsp3) is 0.167. The van der Waals surface area contributed by atoms with Crippen molar-refractivity contribution in [1.29, 1.82) is 5.26 Å². The molecule has 0 atom stereocenters. The number of ether oxygens (including phenoxy) is 1. The highest BCUT2D eigenvalue weighted by atomic mass is 35.5. The van der Waals surface area contributed by atoms with Gasteiger partial charge >= 0.3 is 0 Å². The average molecular weight is 277 g/mol. The predicted molar refractivity (Wildman–Crippen MR) is 68.1 cm³/mol. The second kappa shape index (κ2) is 5.50. The molecule has 0 amide bonds. The van der Waals surface area contributed by atoms with Crippen LogP contribution in [0.25, 0.3) is 0 Å². The summed E-state index contributed by atoms with van der Waals surface area (Å²) in [6.45, 7) is 0.260. The summed E-state index contributed by atoms with van der Waals surface area (Å²) >= 11 is 5.75. The fourth-order valence-electron chi connectivity index (χ4n) is 1.56. The Hall–Kier alpha value is -2.39. The zero-order valence-corrected chi connectivity index (χ0v) is 10.8. The van der Waals surface area contributed by atoms with Gasteiger partial charge in [0.15, 0.2) is 5.15 Å². The molecule has 2 aromatic rings. The third-order valence-corrected chi connectivity index (χ3v) is 2.72. The SMILES string of the molecule is COc1c(Cl)ncn(Cc2ccnc(C#N)c2)c1=O. The third kappa shape index (κ3) is 2.72. The molecule has 0 spiro atoms. The Bertz CT molecular complexity index is 706. The van der Waals surface area contributed by atoms with Gasteiger partial charge in [-0.1, -0.05) is 11.6 Å². The largest absolute Gasteiger partial charge is 0.489 e. The van der Waals surface area contributed by atoms with Crippen molar-refractivity contribution in [2.24, 2.45) is 0 Å². The first-order valence-corrected chi connectivity index (χ1v) is 5.67. The molecule has 0 saturated heterocycles. The van der Waals surface area contributed by atoms with E-state index in [0.29, 0.717) is 5.69 Å². The molecule has 0 aliphatic heterocycles. The number of hydrogen-bond acceptors (Lipinski definition) is 5. The van der Waals surface area contributed by atoms with E-state index < -0.39 is 0 Å². The van der Waals surface area contributed by atoms with Gasteiger partial charge in [0.25, 0.3) is 5.56 Å². The van der Waals surface area contributed by atoms with Crippen molar-refractivity contribution < 1.29 is 4.74 Å². The number of methoxy groups -OCH3 is 1. The van der Waals surface area contributed by atoms with Crippen LogP contribution in [0.1, 0.15) is 11.3 Å². The van der Waals surface area contributed by atoms with Crippen molar-refractivity contribution in [3.63, 3.8) is 0 Å². The van der Waals surface area contributed by atoms with E-state index in [4.69, 9.17) is 21.6 Å². The van der Waals surface area contributed by atoms with Gasteiger partial charge < -0.3 is 4.74 Å². The minimum absolute atomic E-state index is 0.00118. The standard InChI is InChI=1S/C12H9ClN4O2/c1-19-10-11(13)16-7-17(12(10)18)6-8-2-3-15-9(4-8)5-14/h2-4,7H,6H2,1H3. The van der Waals surface area contributed by atoms with E-state index >= 15 is 0 Å². The van der Waals surface area contributed by atoms with Gasteiger partial charge in [-0.25, -0.2) is 9.97 Å². The molecule has 2 heterocycles. The van der Waals surface area contributed by atoms with Gasteiger partial charge in [-0.2, -0.15) is 5.26 Å². The summed E-state index contributed by atoms with van der Waals surface area (Å²) in [7, 11) is 1.36. The van der Waals surface area contributed by atoms with Crippen LogP contribution in [-0.2, 0) is 6.54 Å². The van der Waals surface area contributed by atoms with E-state index in [1.807, 2.05) is 6.07 Å². The topological polar surface area (TPSA) is 80.8 Å². The maximum absolute atomic E-state index is 12.0. The zero-order valence-electron chi connectivity index (χ0n) is 10.00. The summed E-state index contributed by atoms with van der Waals surface area (Å²) in [6, 6.07) is 5.26. The van der Waals surface area contributed by atoms with Gasteiger partial charge in [0.2, 0.25) is 5.75 Å². The number of pyridine rings is 1. The van der Waals surface area contributed by atoms with Crippen LogP contribution in [0.3, 0.4) is 0 Å². The Morgan fingerprint density at radius 2 is 2.32 bits per heavy atom. The molecule has 6 nitrogen and oxygen atoms in total. The zero-order chi connectivity index (χ0) is 13.8. The van der Waals surface area contributed by atoms with Gasteiger partial charge in [0.05, 0.1) is 20.0 Å². The van der Waals surface area contributed by atoms with Crippen molar-refractivity contribution in [2.45, 2.75) is 6.54 Å². The third-order valence-electron chi connectivity index (χ3n) is 2.45. The van der Waals surface area contributed by atoms with Crippen LogP contribution in [0.15, 0.2) is 29.5 Å². The Balaban J connectivity index is 2.39. The molecule has 0 bridgehead atoms. The number of hydrogen-bond donors (Lipinski definition) is 0.